The van der Waals surface area contributed by atoms with E-state index in [1.165, 1.54) is 6.92 Å². The van der Waals surface area contributed by atoms with Crippen molar-refractivity contribution in [2.75, 3.05) is 32.7 Å². The molecule has 0 aromatic heterocycles. The van der Waals surface area contributed by atoms with Gasteiger partial charge in [-0.15, -0.1) is 0 Å². The van der Waals surface area contributed by atoms with Crippen LogP contribution in [-0.4, -0.2) is 71.5 Å². The zero-order valence-corrected chi connectivity index (χ0v) is 10.7. The second-order valence-corrected chi connectivity index (χ2v) is 4.42. The van der Waals surface area contributed by atoms with Gasteiger partial charge in [-0.05, 0) is 6.92 Å². The van der Waals surface area contributed by atoms with Gasteiger partial charge in [0.2, 0.25) is 11.8 Å². The molecule has 1 heterocycles. The average molecular weight is 257 g/mol. The molecule has 2 N–H and O–H groups in total. The Hall–Kier alpha value is -1.63. The molecule has 0 spiro atoms. The van der Waals surface area contributed by atoms with Crippen LogP contribution >= 0.6 is 0 Å². The van der Waals surface area contributed by atoms with Gasteiger partial charge in [-0.25, -0.2) is 0 Å². The Labute approximate surface area is 106 Å². The fourth-order valence-corrected chi connectivity index (χ4v) is 1.96. The number of piperazine rings is 1. The fraction of sp³-hybridized carbons (Fsp3) is 0.727. The first-order valence-electron chi connectivity index (χ1n) is 5.90. The Morgan fingerprint density at radius 2 is 1.78 bits per heavy atom. The molecular weight excluding hydrogens is 238 g/mol. The summed E-state index contributed by atoms with van der Waals surface area (Å²) in [4.78, 5) is 36.8. The Balaban J connectivity index is 2.40. The largest absolute Gasteiger partial charge is 0.480 e. The summed E-state index contributed by atoms with van der Waals surface area (Å²) >= 11 is 0. The number of nitrogens with one attached hydrogen (secondary N) is 1. The summed E-state index contributed by atoms with van der Waals surface area (Å²) in [6.45, 7) is 5.10. The van der Waals surface area contributed by atoms with Crippen LogP contribution < -0.4 is 5.32 Å². The number of aliphatic carboxylic acids is 1. The maximum atomic E-state index is 11.9. The Bertz CT molecular complexity index is 337. The Morgan fingerprint density at radius 1 is 1.22 bits per heavy atom. The lowest BCUT2D eigenvalue weighted by molar-refractivity contribution is -0.140. The summed E-state index contributed by atoms with van der Waals surface area (Å²) in [7, 11) is 0. The van der Waals surface area contributed by atoms with Gasteiger partial charge in [0.1, 0.15) is 6.04 Å². The van der Waals surface area contributed by atoms with Crippen LogP contribution in [0.4, 0.5) is 0 Å². The van der Waals surface area contributed by atoms with Crippen molar-refractivity contribution in [2.24, 2.45) is 0 Å². The molecule has 1 fully saturated rings. The van der Waals surface area contributed by atoms with Gasteiger partial charge < -0.3 is 15.3 Å². The van der Waals surface area contributed by atoms with E-state index in [0.717, 1.165) is 0 Å². The number of amides is 2. The predicted octanol–water partition coefficient (Wildman–Crippen LogP) is -1.26. The first-order chi connectivity index (χ1) is 8.40. The van der Waals surface area contributed by atoms with Crippen molar-refractivity contribution in [3.05, 3.63) is 0 Å². The van der Waals surface area contributed by atoms with Crippen molar-refractivity contribution in [1.82, 2.24) is 15.1 Å². The third-order valence-corrected chi connectivity index (χ3v) is 2.83. The number of carboxylic acid groups (broad SMARTS) is 1. The molecule has 0 bridgehead atoms. The van der Waals surface area contributed by atoms with E-state index < -0.39 is 12.0 Å². The zero-order valence-electron chi connectivity index (χ0n) is 10.7. The van der Waals surface area contributed by atoms with Gasteiger partial charge in [0.25, 0.3) is 0 Å². The van der Waals surface area contributed by atoms with Crippen molar-refractivity contribution < 1.29 is 19.5 Å². The van der Waals surface area contributed by atoms with Crippen LogP contribution in [0.5, 0.6) is 0 Å². The molecule has 1 unspecified atom stereocenters. The van der Waals surface area contributed by atoms with Crippen LogP contribution in [0.15, 0.2) is 0 Å². The lowest BCUT2D eigenvalue weighted by Gasteiger charge is -2.35. The van der Waals surface area contributed by atoms with Gasteiger partial charge in [0.15, 0.2) is 0 Å². The van der Waals surface area contributed by atoms with Gasteiger partial charge in [0, 0.05) is 33.1 Å². The van der Waals surface area contributed by atoms with Crippen molar-refractivity contribution in [3.8, 4) is 0 Å². The summed E-state index contributed by atoms with van der Waals surface area (Å²) in [6, 6.07) is -0.534. The average Bonchev–Trinajstić information content (AvgIpc) is 2.27. The predicted molar refractivity (Wildman–Crippen MR) is 63.9 cm³/mol. The molecule has 0 aromatic rings. The topological polar surface area (TPSA) is 90.0 Å². The van der Waals surface area contributed by atoms with E-state index in [9.17, 15) is 14.4 Å². The first kappa shape index (κ1) is 14.4. The lowest BCUT2D eigenvalue weighted by atomic mass is 10.2. The molecule has 0 aliphatic carbocycles. The Morgan fingerprint density at radius 3 is 2.22 bits per heavy atom. The van der Waals surface area contributed by atoms with Crippen LogP contribution in [0.2, 0.25) is 0 Å². The zero-order chi connectivity index (χ0) is 13.7. The van der Waals surface area contributed by atoms with Gasteiger partial charge in [-0.3, -0.25) is 19.3 Å². The smallest absolute Gasteiger partial charge is 0.317 e. The third-order valence-electron chi connectivity index (χ3n) is 2.83. The molecule has 2 amide bonds. The highest BCUT2D eigenvalue weighted by atomic mass is 16.4. The minimum absolute atomic E-state index is 0.00325. The van der Waals surface area contributed by atoms with Crippen LogP contribution in [0.3, 0.4) is 0 Å². The SMILES string of the molecule is CC(=O)NC(C)C(=O)N1CCN(CC(=O)O)CC1. The number of rotatable bonds is 4. The minimum atomic E-state index is -0.860. The maximum absolute atomic E-state index is 11.9. The first-order valence-corrected chi connectivity index (χ1v) is 5.90. The molecule has 18 heavy (non-hydrogen) atoms. The number of carboxylic acids is 1. The van der Waals surface area contributed by atoms with E-state index in [2.05, 4.69) is 5.32 Å². The molecule has 0 aromatic carbocycles. The minimum Gasteiger partial charge on any atom is -0.480 e. The van der Waals surface area contributed by atoms with Crippen LogP contribution in [0.25, 0.3) is 0 Å². The number of nitrogens with zero attached hydrogens (tertiary/aromatic N) is 2. The highest BCUT2D eigenvalue weighted by Gasteiger charge is 2.25. The van der Waals surface area contributed by atoms with Crippen molar-refractivity contribution in [1.29, 1.82) is 0 Å². The standard InChI is InChI=1S/C11H19N3O4/c1-8(12-9(2)15)11(18)14-5-3-13(4-6-14)7-10(16)17/h8H,3-7H2,1-2H3,(H,12,15)(H,16,17). The number of carbonyl (C=O) groups is 3. The summed E-state index contributed by atoms with van der Waals surface area (Å²) < 4.78 is 0. The summed E-state index contributed by atoms with van der Waals surface area (Å²) in [5.74, 6) is -1.22. The molecule has 7 heteroatoms. The molecule has 0 saturated carbocycles. The lowest BCUT2D eigenvalue weighted by Crippen LogP contribution is -2.54. The molecule has 1 aliphatic rings. The molecule has 1 atom stereocenters. The summed E-state index contributed by atoms with van der Waals surface area (Å²) in [5, 5.41) is 11.2. The number of carbonyl (C=O) groups excluding carboxylic acids is 2. The monoisotopic (exact) mass is 257 g/mol. The molecule has 102 valence electrons. The van der Waals surface area contributed by atoms with Crippen LogP contribution in [-0.2, 0) is 14.4 Å². The van der Waals surface area contributed by atoms with Gasteiger partial charge in [0.05, 0.1) is 6.54 Å². The summed E-state index contributed by atoms with van der Waals surface area (Å²) in [5.41, 5.74) is 0. The second-order valence-electron chi connectivity index (χ2n) is 4.42. The van der Waals surface area contributed by atoms with Crippen molar-refractivity contribution >= 4 is 17.8 Å². The quantitative estimate of drug-likeness (QED) is 0.656. The number of hydrogen-bond acceptors (Lipinski definition) is 4. The highest BCUT2D eigenvalue weighted by molar-refractivity contribution is 5.86. The van der Waals surface area contributed by atoms with E-state index in [1.54, 1.807) is 16.7 Å². The number of hydrogen-bond donors (Lipinski definition) is 2. The van der Waals surface area contributed by atoms with Gasteiger partial charge in [-0.2, -0.15) is 0 Å². The molecule has 1 aliphatic heterocycles. The van der Waals surface area contributed by atoms with Gasteiger partial charge >= 0.3 is 5.97 Å². The molecule has 1 saturated heterocycles. The third kappa shape index (κ3) is 4.33. The van der Waals surface area contributed by atoms with Crippen molar-refractivity contribution in [3.63, 3.8) is 0 Å². The van der Waals surface area contributed by atoms with E-state index in [-0.39, 0.29) is 18.4 Å². The Kier molecular flexibility index (Phi) is 5.08. The van der Waals surface area contributed by atoms with E-state index in [0.29, 0.717) is 26.2 Å². The maximum Gasteiger partial charge on any atom is 0.317 e. The molecule has 0 radical (unpaired) electrons. The van der Waals surface area contributed by atoms with Crippen molar-refractivity contribution in [2.45, 2.75) is 19.9 Å². The fourth-order valence-electron chi connectivity index (χ4n) is 1.96. The van der Waals surface area contributed by atoms with Crippen LogP contribution in [0.1, 0.15) is 13.8 Å². The van der Waals surface area contributed by atoms with E-state index in [4.69, 9.17) is 5.11 Å². The van der Waals surface area contributed by atoms with E-state index in [1.807, 2.05) is 0 Å². The highest BCUT2D eigenvalue weighted by Crippen LogP contribution is 2.03. The molecule has 7 nitrogen and oxygen atoms in total. The normalized spacial score (nSPS) is 18.2. The van der Waals surface area contributed by atoms with Crippen LogP contribution in [0, 0.1) is 0 Å². The van der Waals surface area contributed by atoms with E-state index >= 15 is 0 Å². The van der Waals surface area contributed by atoms with Gasteiger partial charge in [-0.1, -0.05) is 0 Å². The second kappa shape index (κ2) is 6.34. The molecule has 1 rings (SSSR count). The summed E-state index contributed by atoms with van der Waals surface area (Å²) in [6.07, 6.45) is 0. The molecular formula is C11H19N3O4.